The highest BCUT2D eigenvalue weighted by Crippen LogP contribution is 2.26. The van der Waals surface area contributed by atoms with Crippen LogP contribution in [0.2, 0.25) is 0 Å². The molecule has 2 heterocycles. The first-order valence-electron chi connectivity index (χ1n) is 9.48. The van der Waals surface area contributed by atoms with Crippen LogP contribution >= 0.6 is 0 Å². The number of benzene rings is 1. The Kier molecular flexibility index (Phi) is 5.97. The molecule has 1 fully saturated rings. The largest absolute Gasteiger partial charge is 0.441 e. The number of carbonyl (C=O) groups is 1. The van der Waals surface area contributed by atoms with E-state index < -0.39 is 11.7 Å². The summed E-state index contributed by atoms with van der Waals surface area (Å²) in [4.78, 5) is 16.0. The SMILES string of the molecule is Cc1ccc(-c2nc(CCCCC3COC(C)(C(N)=O)OC3)c(C)o2)cc1. The van der Waals surface area contributed by atoms with Gasteiger partial charge in [-0.3, -0.25) is 4.79 Å². The maximum absolute atomic E-state index is 11.3. The Morgan fingerprint density at radius 3 is 2.48 bits per heavy atom. The summed E-state index contributed by atoms with van der Waals surface area (Å²) in [5, 5.41) is 0. The molecule has 6 heteroatoms. The Morgan fingerprint density at radius 2 is 1.85 bits per heavy atom. The van der Waals surface area contributed by atoms with Crippen molar-refractivity contribution in [3.05, 3.63) is 41.3 Å². The molecule has 0 saturated carbocycles. The average molecular weight is 372 g/mol. The van der Waals surface area contributed by atoms with E-state index in [9.17, 15) is 4.79 Å². The van der Waals surface area contributed by atoms with E-state index in [1.54, 1.807) is 6.92 Å². The highest BCUT2D eigenvalue weighted by Gasteiger charge is 2.38. The first kappa shape index (κ1) is 19.6. The van der Waals surface area contributed by atoms with E-state index in [2.05, 4.69) is 24.0 Å². The molecular formula is C21H28N2O4. The molecule has 1 aromatic heterocycles. The van der Waals surface area contributed by atoms with Crippen LogP contribution in [0.3, 0.4) is 0 Å². The Balaban J connectivity index is 1.45. The molecule has 0 aliphatic carbocycles. The molecule has 1 saturated heterocycles. The number of primary amides is 1. The van der Waals surface area contributed by atoms with E-state index >= 15 is 0 Å². The number of aryl methyl sites for hydroxylation is 3. The summed E-state index contributed by atoms with van der Waals surface area (Å²) < 4.78 is 16.9. The van der Waals surface area contributed by atoms with Crippen molar-refractivity contribution >= 4 is 5.91 Å². The monoisotopic (exact) mass is 372 g/mol. The molecule has 0 atom stereocenters. The number of nitrogens with two attached hydrogens (primary N) is 1. The van der Waals surface area contributed by atoms with Gasteiger partial charge in [-0.25, -0.2) is 4.98 Å². The molecule has 1 amide bonds. The summed E-state index contributed by atoms with van der Waals surface area (Å²) >= 11 is 0. The van der Waals surface area contributed by atoms with Crippen LogP contribution in [0.5, 0.6) is 0 Å². The zero-order valence-corrected chi connectivity index (χ0v) is 16.3. The summed E-state index contributed by atoms with van der Waals surface area (Å²) in [7, 11) is 0. The molecule has 6 nitrogen and oxygen atoms in total. The quantitative estimate of drug-likeness (QED) is 0.751. The molecule has 2 aromatic rings. The van der Waals surface area contributed by atoms with Crippen LogP contribution in [-0.4, -0.2) is 29.9 Å². The zero-order chi connectivity index (χ0) is 19.4. The number of ether oxygens (including phenoxy) is 2. The van der Waals surface area contributed by atoms with Crippen LogP contribution < -0.4 is 5.73 Å². The maximum Gasteiger partial charge on any atom is 0.277 e. The lowest BCUT2D eigenvalue weighted by molar-refractivity contribution is -0.258. The molecule has 3 rings (SSSR count). The van der Waals surface area contributed by atoms with Crippen molar-refractivity contribution in [2.75, 3.05) is 13.2 Å². The van der Waals surface area contributed by atoms with Gasteiger partial charge >= 0.3 is 0 Å². The van der Waals surface area contributed by atoms with Gasteiger partial charge in [0.1, 0.15) is 5.76 Å². The van der Waals surface area contributed by atoms with Gasteiger partial charge in [0.25, 0.3) is 5.91 Å². The average Bonchev–Trinajstić information content (AvgIpc) is 3.01. The van der Waals surface area contributed by atoms with Gasteiger partial charge in [-0.1, -0.05) is 24.1 Å². The molecule has 1 aliphatic heterocycles. The number of carbonyl (C=O) groups excluding carboxylic acids is 1. The number of nitrogens with zero attached hydrogens (tertiary/aromatic N) is 1. The molecule has 0 unspecified atom stereocenters. The van der Waals surface area contributed by atoms with Gasteiger partial charge in [-0.15, -0.1) is 0 Å². The minimum absolute atomic E-state index is 0.291. The van der Waals surface area contributed by atoms with Crippen molar-refractivity contribution in [3.8, 4) is 11.5 Å². The van der Waals surface area contributed by atoms with E-state index in [1.165, 1.54) is 5.56 Å². The van der Waals surface area contributed by atoms with E-state index in [0.29, 0.717) is 25.0 Å². The minimum Gasteiger partial charge on any atom is -0.441 e. The molecule has 0 radical (unpaired) electrons. The summed E-state index contributed by atoms with van der Waals surface area (Å²) in [6.45, 7) is 6.60. The fourth-order valence-corrected chi connectivity index (χ4v) is 3.16. The first-order valence-corrected chi connectivity index (χ1v) is 9.48. The molecule has 146 valence electrons. The van der Waals surface area contributed by atoms with E-state index in [4.69, 9.17) is 19.6 Å². The fraction of sp³-hybridized carbons (Fsp3) is 0.524. The molecule has 1 aromatic carbocycles. The topological polar surface area (TPSA) is 87.6 Å². The third-order valence-electron chi connectivity index (χ3n) is 5.10. The van der Waals surface area contributed by atoms with Crippen LogP contribution in [0, 0.1) is 19.8 Å². The van der Waals surface area contributed by atoms with Crippen molar-refractivity contribution in [3.63, 3.8) is 0 Å². The zero-order valence-electron chi connectivity index (χ0n) is 16.3. The van der Waals surface area contributed by atoms with Crippen LogP contribution in [0.4, 0.5) is 0 Å². The number of oxazole rings is 1. The molecule has 0 bridgehead atoms. The lowest BCUT2D eigenvalue weighted by Gasteiger charge is -2.35. The fourth-order valence-electron chi connectivity index (χ4n) is 3.16. The third-order valence-corrected chi connectivity index (χ3v) is 5.10. The van der Waals surface area contributed by atoms with Gasteiger partial charge < -0.3 is 19.6 Å². The van der Waals surface area contributed by atoms with Crippen molar-refractivity contribution in [1.82, 2.24) is 4.98 Å². The lowest BCUT2D eigenvalue weighted by Crippen LogP contribution is -2.51. The Bertz CT molecular complexity index is 774. The molecule has 0 spiro atoms. The van der Waals surface area contributed by atoms with Gasteiger partial charge in [0.15, 0.2) is 0 Å². The minimum atomic E-state index is -1.28. The predicted octanol–water partition coefficient (Wildman–Crippen LogP) is 3.54. The summed E-state index contributed by atoms with van der Waals surface area (Å²) in [6.07, 6.45) is 3.92. The van der Waals surface area contributed by atoms with Gasteiger partial charge in [0.05, 0.1) is 18.9 Å². The first-order chi connectivity index (χ1) is 12.9. The Morgan fingerprint density at radius 1 is 1.19 bits per heavy atom. The standard InChI is InChI=1S/C21H28N2O4/c1-14-8-10-17(11-9-14)19-23-18(15(2)27-19)7-5-4-6-16-12-25-21(3,20(22)24)26-13-16/h8-11,16H,4-7,12-13H2,1-3H3,(H2,22,24). The van der Waals surface area contributed by atoms with E-state index in [1.807, 2.05) is 19.1 Å². The highest BCUT2D eigenvalue weighted by atomic mass is 16.7. The normalized spacial score (nSPS) is 22.7. The number of aromatic nitrogens is 1. The maximum atomic E-state index is 11.3. The van der Waals surface area contributed by atoms with Gasteiger partial charge in [0.2, 0.25) is 11.7 Å². The number of amides is 1. The number of rotatable bonds is 7. The second-order valence-corrected chi connectivity index (χ2v) is 7.43. The molecular weight excluding hydrogens is 344 g/mol. The van der Waals surface area contributed by atoms with Gasteiger partial charge in [-0.2, -0.15) is 0 Å². The highest BCUT2D eigenvalue weighted by molar-refractivity contribution is 5.81. The molecule has 27 heavy (non-hydrogen) atoms. The van der Waals surface area contributed by atoms with E-state index in [0.717, 1.165) is 42.7 Å². The number of hydrogen-bond acceptors (Lipinski definition) is 5. The summed E-state index contributed by atoms with van der Waals surface area (Å²) in [5.41, 5.74) is 8.53. The van der Waals surface area contributed by atoms with Gasteiger partial charge in [0, 0.05) is 11.5 Å². The third kappa shape index (κ3) is 4.76. The van der Waals surface area contributed by atoms with Crippen LogP contribution in [-0.2, 0) is 20.7 Å². The smallest absolute Gasteiger partial charge is 0.277 e. The van der Waals surface area contributed by atoms with Crippen molar-refractivity contribution in [2.24, 2.45) is 11.7 Å². The van der Waals surface area contributed by atoms with Crippen LogP contribution in [0.1, 0.15) is 43.2 Å². The Hall–Kier alpha value is -2.18. The second-order valence-electron chi connectivity index (χ2n) is 7.43. The molecule has 1 aliphatic rings. The predicted molar refractivity (Wildman–Crippen MR) is 102 cm³/mol. The van der Waals surface area contributed by atoms with E-state index in [-0.39, 0.29) is 0 Å². The lowest BCUT2D eigenvalue weighted by atomic mass is 10.0. The van der Waals surface area contributed by atoms with Gasteiger partial charge in [-0.05, 0) is 52.2 Å². The molecule has 2 N–H and O–H groups in total. The van der Waals surface area contributed by atoms with Crippen LogP contribution in [0.25, 0.3) is 11.5 Å². The Labute approximate surface area is 160 Å². The van der Waals surface area contributed by atoms with Crippen molar-refractivity contribution < 1.29 is 18.7 Å². The summed E-state index contributed by atoms with van der Waals surface area (Å²) in [5.74, 6) is 0.000920. The summed E-state index contributed by atoms with van der Waals surface area (Å²) in [6, 6.07) is 8.19. The second kappa shape index (κ2) is 8.23. The van der Waals surface area contributed by atoms with Crippen molar-refractivity contribution in [2.45, 2.75) is 52.2 Å². The number of unbranched alkanes of at least 4 members (excludes halogenated alkanes) is 1. The van der Waals surface area contributed by atoms with Crippen LogP contribution in [0.15, 0.2) is 28.7 Å². The van der Waals surface area contributed by atoms with Crippen molar-refractivity contribution in [1.29, 1.82) is 0 Å². The number of hydrogen-bond donors (Lipinski definition) is 1.